The van der Waals surface area contributed by atoms with Crippen LogP contribution in [-0.4, -0.2) is 46.5 Å². The highest BCUT2D eigenvalue weighted by Gasteiger charge is 2.55. The van der Waals surface area contributed by atoms with E-state index >= 15 is 0 Å². The average molecular weight is 290 g/mol. The molecule has 4 heterocycles. The molecule has 2 fully saturated rings. The van der Waals surface area contributed by atoms with Crippen LogP contribution >= 0.6 is 0 Å². The van der Waals surface area contributed by atoms with E-state index in [-0.39, 0.29) is 5.41 Å². The van der Waals surface area contributed by atoms with Crippen molar-refractivity contribution >= 4 is 0 Å². The van der Waals surface area contributed by atoms with E-state index in [1.807, 2.05) is 19.9 Å². The average Bonchev–Trinajstić information content (AvgIpc) is 3.14. The minimum absolute atomic E-state index is 0.167. The highest BCUT2D eigenvalue weighted by atomic mass is 16.5. The van der Waals surface area contributed by atoms with Crippen LogP contribution in [0.1, 0.15) is 23.2 Å². The van der Waals surface area contributed by atoms with E-state index in [0.29, 0.717) is 24.2 Å². The second-order valence-electron chi connectivity index (χ2n) is 6.11. The van der Waals surface area contributed by atoms with Gasteiger partial charge in [0.15, 0.2) is 5.82 Å². The highest BCUT2D eigenvalue weighted by Crippen LogP contribution is 2.43. The molecule has 0 spiro atoms. The lowest BCUT2D eigenvalue weighted by Gasteiger charge is -2.22. The summed E-state index contributed by atoms with van der Waals surface area (Å²) in [7, 11) is 0. The first-order valence-electron chi connectivity index (χ1n) is 7.19. The first kappa shape index (κ1) is 13.0. The normalized spacial score (nSPS) is 29.1. The maximum Gasteiger partial charge on any atom is 0.236 e. The molecular weight excluding hydrogens is 272 g/mol. The van der Waals surface area contributed by atoms with Crippen molar-refractivity contribution < 1.29 is 13.8 Å². The van der Waals surface area contributed by atoms with Crippen LogP contribution < -0.4 is 0 Å². The quantitative estimate of drug-likeness (QED) is 0.836. The molecule has 0 radical (unpaired) electrons. The maximum absolute atomic E-state index is 5.69. The summed E-state index contributed by atoms with van der Waals surface area (Å²) in [5.74, 6) is 2.62. The summed E-state index contributed by atoms with van der Waals surface area (Å²) in [6.45, 7) is 7.73. The zero-order chi connectivity index (χ0) is 14.4. The second kappa shape index (κ2) is 4.64. The number of fused-ring (bicyclic) bond motifs is 1. The minimum Gasteiger partial charge on any atom is -0.380 e. The Balaban J connectivity index is 1.57. The van der Waals surface area contributed by atoms with Crippen molar-refractivity contribution in [3.63, 3.8) is 0 Å². The van der Waals surface area contributed by atoms with Gasteiger partial charge in [-0.05, 0) is 13.8 Å². The maximum atomic E-state index is 5.69. The second-order valence-corrected chi connectivity index (χ2v) is 6.11. The van der Waals surface area contributed by atoms with Crippen molar-refractivity contribution in [1.29, 1.82) is 0 Å². The van der Waals surface area contributed by atoms with Gasteiger partial charge >= 0.3 is 0 Å². The van der Waals surface area contributed by atoms with Gasteiger partial charge in [0, 0.05) is 31.6 Å². The van der Waals surface area contributed by atoms with Crippen molar-refractivity contribution in [3.8, 4) is 0 Å². The van der Waals surface area contributed by atoms with Crippen LogP contribution in [0.5, 0.6) is 0 Å². The topological polar surface area (TPSA) is 77.4 Å². The number of aromatic nitrogens is 3. The molecular formula is C14H18N4O3. The fraction of sp³-hybridized carbons (Fsp3) is 0.643. The van der Waals surface area contributed by atoms with Crippen LogP contribution in [0.25, 0.3) is 0 Å². The van der Waals surface area contributed by atoms with Gasteiger partial charge in [-0.25, -0.2) is 0 Å². The Morgan fingerprint density at radius 2 is 2.24 bits per heavy atom. The SMILES string of the molecule is Cc1noc([C@@]23COC[C@@H]2CN(Cc2cc(C)on2)C3)n1. The molecule has 7 nitrogen and oxygen atoms in total. The molecule has 0 amide bonds. The van der Waals surface area contributed by atoms with Gasteiger partial charge in [-0.3, -0.25) is 4.90 Å². The lowest BCUT2D eigenvalue weighted by atomic mass is 9.81. The zero-order valence-electron chi connectivity index (χ0n) is 12.2. The Hall–Kier alpha value is -1.73. The Labute approximate surface area is 122 Å². The smallest absolute Gasteiger partial charge is 0.236 e. The molecule has 7 heteroatoms. The van der Waals surface area contributed by atoms with Crippen LogP contribution in [0, 0.1) is 19.8 Å². The van der Waals surface area contributed by atoms with Crippen molar-refractivity contribution in [2.24, 2.45) is 5.92 Å². The number of aryl methyl sites for hydroxylation is 2. The fourth-order valence-corrected chi connectivity index (χ4v) is 3.48. The van der Waals surface area contributed by atoms with Gasteiger partial charge in [-0.15, -0.1) is 0 Å². The number of rotatable bonds is 3. The Kier molecular flexibility index (Phi) is 2.87. The molecule has 2 atom stereocenters. The molecule has 2 saturated heterocycles. The van der Waals surface area contributed by atoms with Gasteiger partial charge in [-0.2, -0.15) is 4.98 Å². The monoisotopic (exact) mass is 290 g/mol. The number of hydrogen-bond acceptors (Lipinski definition) is 7. The Bertz CT molecular complexity index is 652. The molecule has 21 heavy (non-hydrogen) atoms. The summed E-state index contributed by atoms with van der Waals surface area (Å²) in [5, 5.41) is 8.01. The van der Waals surface area contributed by atoms with Crippen LogP contribution in [-0.2, 0) is 16.7 Å². The van der Waals surface area contributed by atoms with Crippen LogP contribution in [0.3, 0.4) is 0 Å². The summed E-state index contributed by atoms with van der Waals surface area (Å²) in [6.07, 6.45) is 0. The van der Waals surface area contributed by atoms with Crippen molar-refractivity contribution in [2.75, 3.05) is 26.3 Å². The third kappa shape index (κ3) is 2.08. The van der Waals surface area contributed by atoms with E-state index in [2.05, 4.69) is 20.2 Å². The minimum atomic E-state index is -0.167. The summed E-state index contributed by atoms with van der Waals surface area (Å²) in [6, 6.07) is 1.98. The van der Waals surface area contributed by atoms with Gasteiger partial charge in [0.25, 0.3) is 0 Å². The first-order chi connectivity index (χ1) is 10.2. The molecule has 2 aliphatic heterocycles. The van der Waals surface area contributed by atoms with E-state index in [0.717, 1.165) is 37.7 Å². The zero-order valence-corrected chi connectivity index (χ0v) is 12.2. The van der Waals surface area contributed by atoms with Crippen molar-refractivity contribution in [2.45, 2.75) is 25.8 Å². The molecule has 2 aromatic rings. The Morgan fingerprint density at radius 3 is 2.95 bits per heavy atom. The summed E-state index contributed by atoms with van der Waals surface area (Å²) in [4.78, 5) is 6.82. The Morgan fingerprint density at radius 1 is 1.33 bits per heavy atom. The molecule has 2 aliphatic rings. The summed E-state index contributed by atoms with van der Waals surface area (Å²) < 4.78 is 16.3. The van der Waals surface area contributed by atoms with E-state index in [1.54, 1.807) is 0 Å². The van der Waals surface area contributed by atoms with Crippen LogP contribution in [0.2, 0.25) is 0 Å². The largest absolute Gasteiger partial charge is 0.380 e. The third-order valence-electron chi connectivity index (χ3n) is 4.46. The van der Waals surface area contributed by atoms with Gasteiger partial charge in [0.2, 0.25) is 5.89 Å². The van der Waals surface area contributed by atoms with E-state index < -0.39 is 0 Å². The van der Waals surface area contributed by atoms with E-state index in [4.69, 9.17) is 13.8 Å². The van der Waals surface area contributed by atoms with Gasteiger partial charge in [0.1, 0.15) is 5.76 Å². The molecule has 0 bridgehead atoms. The number of likely N-dealkylation sites (tertiary alicyclic amines) is 1. The van der Waals surface area contributed by atoms with Crippen LogP contribution in [0.15, 0.2) is 15.1 Å². The molecule has 112 valence electrons. The van der Waals surface area contributed by atoms with Crippen molar-refractivity contribution in [1.82, 2.24) is 20.2 Å². The third-order valence-corrected chi connectivity index (χ3v) is 4.46. The molecule has 4 rings (SSSR count). The number of ether oxygens (including phenoxy) is 1. The predicted molar refractivity (Wildman–Crippen MR) is 71.5 cm³/mol. The molecule has 0 aliphatic carbocycles. The fourth-order valence-electron chi connectivity index (χ4n) is 3.48. The lowest BCUT2D eigenvalue weighted by Crippen LogP contribution is -2.35. The predicted octanol–water partition coefficient (Wildman–Crippen LogP) is 1.07. The highest BCUT2D eigenvalue weighted by molar-refractivity contribution is 5.17. The lowest BCUT2D eigenvalue weighted by molar-refractivity contribution is 0.137. The standard InChI is InChI=1S/C14H18N4O3/c1-9-3-12(17-20-9)5-18-4-11-6-19-8-14(11,7-18)13-15-10(2)16-21-13/h3,11H,4-8H2,1-2H3/t11-,14-/m0/s1. The molecule has 0 aromatic carbocycles. The van der Waals surface area contributed by atoms with Crippen LogP contribution in [0.4, 0.5) is 0 Å². The molecule has 0 saturated carbocycles. The van der Waals surface area contributed by atoms with Crippen molar-refractivity contribution in [3.05, 3.63) is 29.2 Å². The molecule has 2 aromatic heterocycles. The number of nitrogens with zero attached hydrogens (tertiary/aromatic N) is 4. The summed E-state index contributed by atoms with van der Waals surface area (Å²) in [5.41, 5.74) is 0.797. The van der Waals surface area contributed by atoms with Gasteiger partial charge < -0.3 is 13.8 Å². The van der Waals surface area contributed by atoms with Gasteiger partial charge in [0.05, 0.1) is 24.3 Å². The van der Waals surface area contributed by atoms with E-state index in [1.165, 1.54) is 0 Å². The first-order valence-corrected chi connectivity index (χ1v) is 7.19. The molecule has 0 N–H and O–H groups in total. The van der Waals surface area contributed by atoms with E-state index in [9.17, 15) is 0 Å². The molecule has 0 unspecified atom stereocenters. The van der Waals surface area contributed by atoms with Gasteiger partial charge in [-0.1, -0.05) is 10.3 Å². The summed E-state index contributed by atoms with van der Waals surface area (Å²) >= 11 is 0. The number of hydrogen-bond donors (Lipinski definition) is 0.